The van der Waals surface area contributed by atoms with Gasteiger partial charge in [0.05, 0.1) is 12.5 Å². The van der Waals surface area contributed by atoms with Crippen molar-refractivity contribution in [2.45, 2.75) is 51.5 Å². The van der Waals surface area contributed by atoms with Gasteiger partial charge in [0.15, 0.2) is 0 Å². The van der Waals surface area contributed by atoms with Crippen molar-refractivity contribution in [2.75, 3.05) is 7.05 Å². The molecule has 2 nitrogen and oxygen atoms in total. The summed E-state index contributed by atoms with van der Waals surface area (Å²) in [6.45, 7) is 2.25. The Labute approximate surface area is 93.1 Å². The van der Waals surface area contributed by atoms with Crippen LogP contribution in [0.2, 0.25) is 0 Å². The van der Waals surface area contributed by atoms with E-state index >= 15 is 0 Å². The fraction of sp³-hybridized carbons (Fsp3) is 0.692. The molecular formula is C13H23NO. The van der Waals surface area contributed by atoms with Gasteiger partial charge in [0.2, 0.25) is 0 Å². The highest BCUT2D eigenvalue weighted by Crippen LogP contribution is 2.20. The molecule has 0 aromatic carbocycles. The normalized spacial score (nSPS) is 12.9. The van der Waals surface area contributed by atoms with Crippen LogP contribution in [0.25, 0.3) is 0 Å². The average Bonchev–Trinajstić information content (AvgIpc) is 2.77. The highest BCUT2D eigenvalue weighted by Gasteiger charge is 2.09. The average molecular weight is 209 g/mol. The number of hydrogen-bond donors (Lipinski definition) is 1. The van der Waals surface area contributed by atoms with Crippen molar-refractivity contribution in [2.24, 2.45) is 0 Å². The van der Waals surface area contributed by atoms with E-state index in [0.29, 0.717) is 6.04 Å². The summed E-state index contributed by atoms with van der Waals surface area (Å²) in [5, 5.41) is 3.34. The number of rotatable bonds is 8. The van der Waals surface area contributed by atoms with Crippen molar-refractivity contribution in [1.82, 2.24) is 5.32 Å². The first-order valence-corrected chi connectivity index (χ1v) is 6.07. The summed E-state index contributed by atoms with van der Waals surface area (Å²) < 4.78 is 5.10. The number of hydrogen-bond acceptors (Lipinski definition) is 2. The summed E-state index contributed by atoms with van der Waals surface area (Å²) in [6, 6.07) is 2.51. The van der Waals surface area contributed by atoms with Crippen LogP contribution in [0.5, 0.6) is 0 Å². The maximum atomic E-state index is 5.10. The van der Waals surface area contributed by atoms with Gasteiger partial charge in [0, 0.05) is 11.6 Å². The number of unbranched alkanes of at least 4 members (excludes halogenated alkanes) is 4. The molecule has 0 saturated carbocycles. The predicted molar refractivity (Wildman–Crippen MR) is 63.9 cm³/mol. The second kappa shape index (κ2) is 7.52. The van der Waals surface area contributed by atoms with E-state index in [1.54, 1.807) is 6.26 Å². The van der Waals surface area contributed by atoms with Gasteiger partial charge in [-0.15, -0.1) is 0 Å². The van der Waals surface area contributed by atoms with E-state index in [2.05, 4.69) is 12.2 Å². The van der Waals surface area contributed by atoms with Crippen molar-refractivity contribution < 1.29 is 4.42 Å². The fourth-order valence-electron chi connectivity index (χ4n) is 1.90. The molecule has 86 valence electrons. The monoisotopic (exact) mass is 209 g/mol. The van der Waals surface area contributed by atoms with Gasteiger partial charge in [-0.1, -0.05) is 39.0 Å². The van der Waals surface area contributed by atoms with Gasteiger partial charge in [-0.2, -0.15) is 0 Å². The minimum absolute atomic E-state index is 0.463. The lowest BCUT2D eigenvalue weighted by Gasteiger charge is -2.13. The Hall–Kier alpha value is -0.760. The lowest BCUT2D eigenvalue weighted by Crippen LogP contribution is -2.15. The quantitative estimate of drug-likeness (QED) is 0.657. The van der Waals surface area contributed by atoms with E-state index < -0.39 is 0 Å². The minimum atomic E-state index is 0.463. The standard InChI is InChI=1S/C13H23NO/c1-3-4-5-6-7-8-13(14-2)12-9-10-15-11-12/h9-11,13-14H,3-8H2,1-2H3. The summed E-state index contributed by atoms with van der Waals surface area (Å²) >= 11 is 0. The molecule has 0 aliphatic heterocycles. The molecule has 1 atom stereocenters. The van der Waals surface area contributed by atoms with Crippen molar-refractivity contribution in [3.8, 4) is 0 Å². The summed E-state index contributed by atoms with van der Waals surface area (Å²) in [5.74, 6) is 0. The zero-order chi connectivity index (χ0) is 10.9. The van der Waals surface area contributed by atoms with Crippen LogP contribution in [-0.4, -0.2) is 7.05 Å². The smallest absolute Gasteiger partial charge is 0.0950 e. The van der Waals surface area contributed by atoms with E-state index in [-0.39, 0.29) is 0 Å². The van der Waals surface area contributed by atoms with E-state index in [4.69, 9.17) is 4.42 Å². The third kappa shape index (κ3) is 4.52. The van der Waals surface area contributed by atoms with Crippen LogP contribution in [0.4, 0.5) is 0 Å². The van der Waals surface area contributed by atoms with Crippen molar-refractivity contribution in [3.63, 3.8) is 0 Å². The molecule has 1 aromatic rings. The Kier molecular flexibility index (Phi) is 6.17. The first kappa shape index (κ1) is 12.3. The maximum absolute atomic E-state index is 5.10. The van der Waals surface area contributed by atoms with Crippen LogP contribution in [0.15, 0.2) is 23.0 Å². The summed E-state index contributed by atoms with van der Waals surface area (Å²) in [7, 11) is 2.02. The molecule has 1 heterocycles. The molecule has 0 aliphatic rings. The van der Waals surface area contributed by atoms with Crippen LogP contribution in [0.1, 0.15) is 57.1 Å². The molecule has 1 unspecified atom stereocenters. The second-order valence-corrected chi connectivity index (χ2v) is 4.10. The van der Waals surface area contributed by atoms with Crippen molar-refractivity contribution in [3.05, 3.63) is 24.2 Å². The highest BCUT2D eigenvalue weighted by atomic mass is 16.3. The Morgan fingerprint density at radius 1 is 1.27 bits per heavy atom. The summed E-state index contributed by atoms with van der Waals surface area (Å²) in [6.07, 6.45) is 11.5. The van der Waals surface area contributed by atoms with E-state index in [9.17, 15) is 0 Å². The largest absolute Gasteiger partial charge is 0.472 e. The molecule has 15 heavy (non-hydrogen) atoms. The number of nitrogens with one attached hydrogen (secondary N) is 1. The molecule has 0 spiro atoms. The Bertz CT molecular complexity index is 231. The van der Waals surface area contributed by atoms with Gasteiger partial charge in [0.25, 0.3) is 0 Å². The van der Waals surface area contributed by atoms with Gasteiger partial charge >= 0.3 is 0 Å². The molecule has 0 radical (unpaired) electrons. The third-order valence-electron chi connectivity index (χ3n) is 2.89. The van der Waals surface area contributed by atoms with Gasteiger partial charge in [0.1, 0.15) is 0 Å². The second-order valence-electron chi connectivity index (χ2n) is 4.10. The first-order valence-electron chi connectivity index (χ1n) is 6.07. The molecule has 0 fully saturated rings. The Morgan fingerprint density at radius 2 is 2.07 bits per heavy atom. The van der Waals surface area contributed by atoms with Crippen LogP contribution >= 0.6 is 0 Å². The lowest BCUT2D eigenvalue weighted by molar-refractivity contribution is 0.491. The van der Waals surface area contributed by atoms with Crippen molar-refractivity contribution >= 4 is 0 Å². The molecule has 0 aliphatic carbocycles. The van der Waals surface area contributed by atoms with E-state index in [0.717, 1.165) is 0 Å². The Balaban J connectivity index is 2.18. The predicted octanol–water partition coefficient (Wildman–Crippen LogP) is 3.90. The van der Waals surface area contributed by atoms with Crippen LogP contribution in [0, 0.1) is 0 Å². The molecule has 1 rings (SSSR count). The third-order valence-corrected chi connectivity index (χ3v) is 2.89. The van der Waals surface area contributed by atoms with Gasteiger partial charge < -0.3 is 9.73 Å². The molecular weight excluding hydrogens is 186 g/mol. The van der Waals surface area contributed by atoms with Crippen LogP contribution in [-0.2, 0) is 0 Å². The zero-order valence-electron chi connectivity index (χ0n) is 9.96. The Morgan fingerprint density at radius 3 is 2.67 bits per heavy atom. The molecule has 0 bridgehead atoms. The molecule has 2 heteroatoms. The SMILES string of the molecule is CCCCCCCC(NC)c1ccoc1. The molecule has 0 saturated heterocycles. The minimum Gasteiger partial charge on any atom is -0.472 e. The zero-order valence-corrected chi connectivity index (χ0v) is 9.96. The first-order chi connectivity index (χ1) is 7.38. The van der Waals surface area contributed by atoms with E-state index in [1.165, 1.54) is 44.1 Å². The molecule has 1 N–H and O–H groups in total. The van der Waals surface area contributed by atoms with Gasteiger partial charge in [-0.05, 0) is 19.5 Å². The highest BCUT2D eigenvalue weighted by molar-refractivity contribution is 5.10. The fourth-order valence-corrected chi connectivity index (χ4v) is 1.90. The van der Waals surface area contributed by atoms with Crippen LogP contribution < -0.4 is 5.32 Å². The summed E-state index contributed by atoms with van der Waals surface area (Å²) in [4.78, 5) is 0. The van der Waals surface area contributed by atoms with Gasteiger partial charge in [-0.25, -0.2) is 0 Å². The lowest BCUT2D eigenvalue weighted by atomic mass is 10.0. The van der Waals surface area contributed by atoms with Crippen molar-refractivity contribution in [1.29, 1.82) is 0 Å². The van der Waals surface area contributed by atoms with E-state index in [1.807, 2.05) is 19.4 Å². The maximum Gasteiger partial charge on any atom is 0.0950 e. The van der Waals surface area contributed by atoms with Gasteiger partial charge in [-0.3, -0.25) is 0 Å². The van der Waals surface area contributed by atoms with Crippen LogP contribution in [0.3, 0.4) is 0 Å². The summed E-state index contributed by atoms with van der Waals surface area (Å²) in [5.41, 5.74) is 1.27. The topological polar surface area (TPSA) is 25.2 Å². The molecule has 1 aromatic heterocycles. The molecule has 0 amide bonds. The number of furan rings is 1.